The molecule has 1 saturated heterocycles. The Labute approximate surface area is 151 Å². The number of ketones is 1. The highest BCUT2D eigenvalue weighted by atomic mass is 35.5. The van der Waals surface area contributed by atoms with E-state index in [0.717, 1.165) is 32.1 Å². The van der Waals surface area contributed by atoms with E-state index in [1.54, 1.807) is 0 Å². The highest BCUT2D eigenvalue weighted by molar-refractivity contribution is 6.18. The van der Waals surface area contributed by atoms with Crippen LogP contribution in [0.15, 0.2) is 0 Å². The number of hydrogen-bond donors (Lipinski definition) is 1. The van der Waals surface area contributed by atoms with Crippen molar-refractivity contribution in [3.8, 4) is 0 Å². The number of carbonyl (C=O) groups excluding carboxylic acids is 1. The second-order valence-electron chi connectivity index (χ2n) is 9.73. The van der Waals surface area contributed by atoms with Gasteiger partial charge in [0.15, 0.2) is 0 Å². The van der Waals surface area contributed by atoms with Gasteiger partial charge in [-0.15, -0.1) is 11.6 Å². The summed E-state index contributed by atoms with van der Waals surface area (Å²) in [6.07, 6.45) is 4.88. The van der Waals surface area contributed by atoms with Gasteiger partial charge in [0, 0.05) is 11.8 Å². The van der Waals surface area contributed by atoms with E-state index in [0.29, 0.717) is 24.0 Å². The molecule has 2 aliphatic carbocycles. The average Bonchev–Trinajstić information content (AvgIpc) is 2.49. The molecule has 0 amide bonds. The predicted octanol–water partition coefficient (Wildman–Crippen LogP) is 4.34. The van der Waals surface area contributed by atoms with Crippen LogP contribution in [0.1, 0.15) is 73.1 Å². The van der Waals surface area contributed by atoms with Crippen molar-refractivity contribution < 1.29 is 14.6 Å². The topological polar surface area (TPSA) is 46.5 Å². The summed E-state index contributed by atoms with van der Waals surface area (Å²) >= 11 is 5.92. The number of aliphatic hydroxyl groups excluding tert-OH is 1. The maximum absolute atomic E-state index is 12.5. The standard InChI is InChI=1S/C20H33ClO3/c1-17(2)13-6-10-19(4)14(18(13,3)9-8-15(17)22)7-11-20(5,24-19)16(23)12-21/h13-14,16,23H,6-12H2,1-5H3/t13-,14+,16?,18-,19+,20-/m1/s1. The Kier molecular flexibility index (Phi) is 4.42. The molecule has 4 heteroatoms. The van der Waals surface area contributed by atoms with Crippen LogP contribution < -0.4 is 0 Å². The Morgan fingerprint density at radius 3 is 2.38 bits per heavy atom. The molecule has 2 saturated carbocycles. The first kappa shape index (κ1) is 18.7. The second kappa shape index (κ2) is 5.69. The Balaban J connectivity index is 1.92. The van der Waals surface area contributed by atoms with Crippen LogP contribution in [0.5, 0.6) is 0 Å². The van der Waals surface area contributed by atoms with E-state index in [1.165, 1.54) is 0 Å². The fraction of sp³-hybridized carbons (Fsp3) is 0.950. The summed E-state index contributed by atoms with van der Waals surface area (Å²) in [6.45, 7) is 10.9. The van der Waals surface area contributed by atoms with Gasteiger partial charge >= 0.3 is 0 Å². The van der Waals surface area contributed by atoms with E-state index in [9.17, 15) is 9.90 Å². The number of alkyl halides is 1. The minimum Gasteiger partial charge on any atom is -0.389 e. The van der Waals surface area contributed by atoms with Gasteiger partial charge in [-0.2, -0.15) is 0 Å². The van der Waals surface area contributed by atoms with Crippen LogP contribution in [0.2, 0.25) is 0 Å². The van der Waals surface area contributed by atoms with E-state index >= 15 is 0 Å². The molecule has 1 N–H and O–H groups in total. The smallest absolute Gasteiger partial charge is 0.138 e. The van der Waals surface area contributed by atoms with Gasteiger partial charge in [0.1, 0.15) is 5.78 Å². The zero-order valence-corrected chi connectivity index (χ0v) is 16.6. The predicted molar refractivity (Wildman–Crippen MR) is 96.2 cm³/mol. The van der Waals surface area contributed by atoms with Crippen molar-refractivity contribution in [2.45, 2.75) is 90.4 Å². The Morgan fingerprint density at radius 2 is 1.75 bits per heavy atom. The van der Waals surface area contributed by atoms with Crippen molar-refractivity contribution in [1.82, 2.24) is 0 Å². The molecule has 0 aromatic rings. The molecule has 0 bridgehead atoms. The number of halogens is 1. The fourth-order valence-corrected chi connectivity index (χ4v) is 6.80. The lowest BCUT2D eigenvalue weighted by molar-refractivity contribution is -0.280. The zero-order valence-electron chi connectivity index (χ0n) is 15.8. The SMILES string of the molecule is CC1(C)C(=O)CC[C@]2(C)[C@@H]1CC[C@]1(C)O[C@@](C)(C(O)CCl)CC[C@@H]21. The number of aliphatic hydroxyl groups is 1. The van der Waals surface area contributed by atoms with Gasteiger partial charge in [0.25, 0.3) is 0 Å². The third-order valence-electron chi connectivity index (χ3n) is 7.99. The highest BCUT2D eigenvalue weighted by Crippen LogP contribution is 2.64. The molecular formula is C20H33ClO3. The lowest BCUT2D eigenvalue weighted by Gasteiger charge is -2.65. The molecule has 0 spiro atoms. The van der Waals surface area contributed by atoms with Gasteiger partial charge in [-0.05, 0) is 63.2 Å². The number of fused-ring (bicyclic) bond motifs is 3. The van der Waals surface area contributed by atoms with E-state index in [4.69, 9.17) is 16.3 Å². The Morgan fingerprint density at radius 1 is 1.12 bits per heavy atom. The summed E-state index contributed by atoms with van der Waals surface area (Å²) < 4.78 is 6.61. The maximum atomic E-state index is 12.5. The molecule has 1 unspecified atom stereocenters. The largest absolute Gasteiger partial charge is 0.389 e. The molecule has 0 aromatic heterocycles. The molecule has 3 aliphatic rings. The van der Waals surface area contributed by atoms with E-state index in [-0.39, 0.29) is 22.3 Å². The van der Waals surface area contributed by atoms with Crippen LogP contribution in [-0.4, -0.2) is 34.1 Å². The van der Waals surface area contributed by atoms with Crippen molar-refractivity contribution in [1.29, 1.82) is 0 Å². The summed E-state index contributed by atoms with van der Waals surface area (Å²) in [5.74, 6) is 1.49. The molecule has 138 valence electrons. The monoisotopic (exact) mass is 356 g/mol. The first-order valence-electron chi connectivity index (χ1n) is 9.47. The minimum absolute atomic E-state index is 0.137. The van der Waals surface area contributed by atoms with Gasteiger partial charge in [0.2, 0.25) is 0 Å². The van der Waals surface area contributed by atoms with E-state index in [2.05, 4.69) is 27.7 Å². The van der Waals surface area contributed by atoms with E-state index in [1.807, 2.05) is 6.92 Å². The lowest BCUT2D eigenvalue weighted by Crippen LogP contribution is -2.65. The number of rotatable bonds is 2. The van der Waals surface area contributed by atoms with Crippen LogP contribution in [0.25, 0.3) is 0 Å². The van der Waals surface area contributed by atoms with Crippen LogP contribution in [-0.2, 0) is 9.53 Å². The fourth-order valence-electron chi connectivity index (χ4n) is 6.48. The first-order chi connectivity index (χ1) is 11.0. The summed E-state index contributed by atoms with van der Waals surface area (Å²) in [6, 6.07) is 0. The van der Waals surface area contributed by atoms with Gasteiger partial charge in [-0.1, -0.05) is 20.8 Å². The first-order valence-corrected chi connectivity index (χ1v) is 10.0. The summed E-state index contributed by atoms with van der Waals surface area (Å²) in [7, 11) is 0. The van der Waals surface area contributed by atoms with Crippen molar-refractivity contribution >= 4 is 17.4 Å². The van der Waals surface area contributed by atoms with Crippen LogP contribution in [0, 0.1) is 22.7 Å². The van der Waals surface area contributed by atoms with E-state index < -0.39 is 11.7 Å². The second-order valence-corrected chi connectivity index (χ2v) is 10.0. The summed E-state index contributed by atoms with van der Waals surface area (Å²) in [4.78, 5) is 12.5. The van der Waals surface area contributed by atoms with Crippen molar-refractivity contribution in [3.05, 3.63) is 0 Å². The third kappa shape index (κ3) is 2.49. The molecule has 24 heavy (non-hydrogen) atoms. The van der Waals surface area contributed by atoms with Gasteiger partial charge in [0.05, 0.1) is 23.2 Å². The van der Waals surface area contributed by atoms with Gasteiger partial charge in [-0.3, -0.25) is 4.79 Å². The quantitative estimate of drug-likeness (QED) is 0.749. The molecule has 0 aromatic carbocycles. The molecule has 3 nitrogen and oxygen atoms in total. The molecular weight excluding hydrogens is 324 g/mol. The molecule has 0 radical (unpaired) electrons. The van der Waals surface area contributed by atoms with Crippen molar-refractivity contribution in [2.75, 3.05) is 5.88 Å². The summed E-state index contributed by atoms with van der Waals surface area (Å²) in [5.41, 5.74) is -0.889. The van der Waals surface area contributed by atoms with Crippen LogP contribution >= 0.6 is 11.6 Å². The number of carbonyl (C=O) groups is 1. The lowest BCUT2D eigenvalue weighted by atomic mass is 9.44. The molecule has 1 aliphatic heterocycles. The number of Topliss-reactive ketones (excluding diaryl/α,β-unsaturated/α-hetero) is 1. The van der Waals surface area contributed by atoms with Crippen molar-refractivity contribution in [3.63, 3.8) is 0 Å². The Hall–Kier alpha value is -0.120. The summed E-state index contributed by atoms with van der Waals surface area (Å²) in [5, 5.41) is 10.4. The molecule has 6 atom stereocenters. The number of hydrogen-bond acceptors (Lipinski definition) is 3. The normalized spacial score (nSPS) is 49.2. The number of ether oxygens (including phenoxy) is 1. The minimum atomic E-state index is -0.633. The third-order valence-corrected chi connectivity index (χ3v) is 8.28. The maximum Gasteiger partial charge on any atom is 0.138 e. The highest BCUT2D eigenvalue weighted by Gasteiger charge is 2.63. The van der Waals surface area contributed by atoms with Crippen LogP contribution in [0.4, 0.5) is 0 Å². The molecule has 1 heterocycles. The molecule has 3 rings (SSSR count). The van der Waals surface area contributed by atoms with Crippen molar-refractivity contribution in [2.24, 2.45) is 22.7 Å². The Bertz CT molecular complexity index is 533. The molecule has 3 fully saturated rings. The van der Waals surface area contributed by atoms with Crippen LogP contribution in [0.3, 0.4) is 0 Å². The average molecular weight is 357 g/mol. The van der Waals surface area contributed by atoms with Gasteiger partial charge in [-0.25, -0.2) is 0 Å². The van der Waals surface area contributed by atoms with Gasteiger partial charge < -0.3 is 9.84 Å². The zero-order chi connectivity index (χ0) is 18.0.